The summed E-state index contributed by atoms with van der Waals surface area (Å²) in [6.45, 7) is 11.3. The summed E-state index contributed by atoms with van der Waals surface area (Å²) < 4.78 is 4.11. The number of nitrogens with zero attached hydrogens (tertiary/aromatic N) is 2. The zero-order valence-electron chi connectivity index (χ0n) is 20.6. The first-order valence-electron chi connectivity index (χ1n) is 12.0. The fraction of sp³-hybridized carbons (Fsp3) is 0.577. The van der Waals surface area contributed by atoms with Crippen LogP contribution >= 0.6 is 23.4 Å². The van der Waals surface area contributed by atoms with Gasteiger partial charge in [-0.15, -0.1) is 18.3 Å². The number of fused-ring (bicyclic) bond motifs is 1. The van der Waals surface area contributed by atoms with Crippen LogP contribution in [0.15, 0.2) is 30.9 Å². The highest BCUT2D eigenvalue weighted by molar-refractivity contribution is 8.02. The van der Waals surface area contributed by atoms with Crippen molar-refractivity contribution in [1.29, 1.82) is 0 Å². The van der Waals surface area contributed by atoms with Crippen molar-refractivity contribution in [3.63, 3.8) is 0 Å². The summed E-state index contributed by atoms with van der Waals surface area (Å²) in [6.07, 6.45) is 2.95. The molecule has 1 N–H and O–H groups in total. The molecule has 0 radical (unpaired) electrons. The Morgan fingerprint density at radius 2 is 2.14 bits per heavy atom. The second-order valence-electron chi connectivity index (χ2n) is 9.90. The first-order valence-corrected chi connectivity index (χ1v) is 13.2. The van der Waals surface area contributed by atoms with Crippen LogP contribution in [0.4, 0.5) is 5.69 Å². The Kier molecular flexibility index (Phi) is 7.03. The first-order chi connectivity index (χ1) is 16.6. The van der Waals surface area contributed by atoms with Gasteiger partial charge in [-0.05, 0) is 52.2 Å². The van der Waals surface area contributed by atoms with Crippen molar-refractivity contribution in [2.45, 2.75) is 62.1 Å². The lowest BCUT2D eigenvalue weighted by molar-refractivity contribution is -0.155. The summed E-state index contributed by atoms with van der Waals surface area (Å²) >= 11 is 8.13. The van der Waals surface area contributed by atoms with Crippen molar-refractivity contribution in [1.82, 2.24) is 4.90 Å². The molecule has 35 heavy (non-hydrogen) atoms. The Morgan fingerprint density at radius 1 is 1.43 bits per heavy atom. The van der Waals surface area contributed by atoms with Crippen molar-refractivity contribution >= 4 is 46.8 Å². The van der Waals surface area contributed by atoms with Gasteiger partial charge >= 0.3 is 5.97 Å². The lowest BCUT2D eigenvalue weighted by atomic mass is 9.66. The monoisotopic (exact) mass is 520 g/mol. The number of esters is 1. The lowest BCUT2D eigenvalue weighted by Gasteiger charge is -2.39. The van der Waals surface area contributed by atoms with Crippen LogP contribution in [0.25, 0.3) is 0 Å². The summed E-state index contributed by atoms with van der Waals surface area (Å²) in [7, 11) is 0. The Bertz CT molecular complexity index is 1050. The van der Waals surface area contributed by atoms with E-state index >= 15 is 0 Å². The van der Waals surface area contributed by atoms with Crippen LogP contribution in [0.1, 0.15) is 39.2 Å². The van der Waals surface area contributed by atoms with Gasteiger partial charge in [-0.25, -0.2) is 0 Å². The zero-order valence-corrected chi connectivity index (χ0v) is 22.2. The minimum atomic E-state index is -0.857. The lowest BCUT2D eigenvalue weighted by Crippen LogP contribution is -2.57. The van der Waals surface area contributed by atoms with E-state index < -0.39 is 39.4 Å². The molecule has 7 nitrogen and oxygen atoms in total. The van der Waals surface area contributed by atoms with E-state index in [1.165, 1.54) is 4.90 Å². The van der Waals surface area contributed by atoms with Gasteiger partial charge in [-0.2, -0.15) is 0 Å². The van der Waals surface area contributed by atoms with Crippen LogP contribution in [-0.4, -0.2) is 69.1 Å². The maximum absolute atomic E-state index is 14.5. The fourth-order valence-corrected chi connectivity index (χ4v) is 8.98. The molecular formula is C26H33ClN2O5S. The van der Waals surface area contributed by atoms with Crippen LogP contribution in [0.3, 0.4) is 0 Å². The number of halogens is 1. The Labute approximate surface area is 215 Å². The number of thioether (sulfide) groups is 1. The second kappa shape index (κ2) is 9.45. The largest absolute Gasteiger partial charge is 0.466 e. The number of para-hydroxylation sites is 1. The molecule has 0 aromatic heterocycles. The van der Waals surface area contributed by atoms with Gasteiger partial charge in [0.15, 0.2) is 0 Å². The normalized spacial score (nSPS) is 31.9. The van der Waals surface area contributed by atoms with E-state index in [9.17, 15) is 19.5 Å². The summed E-state index contributed by atoms with van der Waals surface area (Å²) in [5.41, 5.74) is 1.40. The maximum atomic E-state index is 14.5. The molecule has 2 amide bonds. The zero-order chi connectivity index (χ0) is 25.7. The van der Waals surface area contributed by atoms with Gasteiger partial charge in [0.05, 0.1) is 46.5 Å². The molecule has 2 unspecified atom stereocenters. The average Bonchev–Trinajstić information content (AvgIpc) is 3.38. The molecule has 3 saturated heterocycles. The molecule has 190 valence electrons. The summed E-state index contributed by atoms with van der Waals surface area (Å²) in [5, 5.41) is 10.5. The highest BCUT2D eigenvalue weighted by atomic mass is 35.5. The first kappa shape index (κ1) is 26.0. The third-order valence-corrected chi connectivity index (χ3v) is 10.1. The number of aryl methyl sites for hydroxylation is 1. The molecule has 1 spiro atoms. The van der Waals surface area contributed by atoms with Crippen LogP contribution in [0, 0.1) is 18.8 Å². The molecule has 3 aliphatic heterocycles. The molecule has 0 aliphatic carbocycles. The van der Waals surface area contributed by atoms with Crippen LogP contribution < -0.4 is 4.90 Å². The highest BCUT2D eigenvalue weighted by Gasteiger charge is 2.78. The van der Waals surface area contributed by atoms with Gasteiger partial charge in [0.25, 0.3) is 5.91 Å². The Balaban J connectivity index is 1.86. The third-order valence-electron chi connectivity index (χ3n) is 7.76. The quantitative estimate of drug-likeness (QED) is 0.416. The van der Waals surface area contributed by atoms with Crippen LogP contribution in [-0.2, 0) is 19.1 Å². The number of benzene rings is 1. The molecule has 1 aromatic carbocycles. The topological polar surface area (TPSA) is 87.2 Å². The van der Waals surface area contributed by atoms with E-state index in [1.807, 2.05) is 26.0 Å². The molecule has 3 aliphatic rings. The van der Waals surface area contributed by atoms with Gasteiger partial charge in [0.1, 0.15) is 6.04 Å². The van der Waals surface area contributed by atoms with Gasteiger partial charge in [0.2, 0.25) is 5.91 Å². The molecule has 4 rings (SSSR count). The van der Waals surface area contributed by atoms with Crippen molar-refractivity contribution in [3.05, 3.63) is 41.4 Å². The van der Waals surface area contributed by atoms with Crippen LogP contribution in [0.5, 0.6) is 0 Å². The standard InChI is InChI=1S/C26H33ClN2O5S/c1-6-13-28(20-15(3)9-8-10-17(20)27)23(32)21-26-12-11-25(5,35-26)19(24(33)34-7-2)18(26)22(31)29(21)16(4)14-30/h6,8-10,16,18-19,21,30H,1,7,11-14H2,2-5H3/t16-,18+,19-,21?,25+,26?/m1/s1. The molecule has 1 aromatic rings. The average molecular weight is 521 g/mol. The Morgan fingerprint density at radius 3 is 2.74 bits per heavy atom. The molecular weight excluding hydrogens is 488 g/mol. The van der Waals surface area contributed by atoms with Crippen molar-refractivity contribution in [3.8, 4) is 0 Å². The third kappa shape index (κ3) is 3.80. The van der Waals surface area contributed by atoms with Gasteiger partial charge in [-0.3, -0.25) is 14.4 Å². The number of ether oxygens (including phenoxy) is 1. The van der Waals surface area contributed by atoms with E-state index in [2.05, 4.69) is 6.58 Å². The second-order valence-corrected chi connectivity index (χ2v) is 12.2. The summed E-state index contributed by atoms with van der Waals surface area (Å²) in [6, 6.07) is 3.99. The number of hydrogen-bond donors (Lipinski definition) is 1. The SMILES string of the molecule is C=CCN(C(=O)C1N([C@H](C)CO)C(=O)[C@@H]2[C@H](C(=O)OCC)[C@]3(C)CCC12S3)c1c(C)cccc1Cl. The highest BCUT2D eigenvalue weighted by Crippen LogP contribution is 2.71. The predicted molar refractivity (Wildman–Crippen MR) is 137 cm³/mol. The van der Waals surface area contributed by atoms with Crippen molar-refractivity contribution in [2.75, 3.05) is 24.7 Å². The molecule has 3 heterocycles. The number of hydrogen-bond acceptors (Lipinski definition) is 6. The van der Waals surface area contributed by atoms with Gasteiger partial charge in [0, 0.05) is 11.3 Å². The minimum Gasteiger partial charge on any atom is -0.466 e. The van der Waals surface area contributed by atoms with E-state index in [1.54, 1.807) is 42.7 Å². The Hall–Kier alpha value is -2.03. The van der Waals surface area contributed by atoms with Crippen LogP contribution in [0.2, 0.25) is 5.02 Å². The number of carbonyl (C=O) groups excluding carboxylic acids is 3. The number of carbonyl (C=O) groups is 3. The number of aliphatic hydroxyl groups excluding tert-OH is 1. The number of anilines is 1. The number of rotatable bonds is 8. The molecule has 9 heteroatoms. The van der Waals surface area contributed by atoms with E-state index in [-0.39, 0.29) is 31.6 Å². The molecule has 0 saturated carbocycles. The van der Waals surface area contributed by atoms with Crippen molar-refractivity contribution < 1.29 is 24.2 Å². The van der Waals surface area contributed by atoms with E-state index in [4.69, 9.17) is 16.3 Å². The van der Waals surface area contributed by atoms with Crippen molar-refractivity contribution in [2.24, 2.45) is 11.8 Å². The molecule has 6 atom stereocenters. The smallest absolute Gasteiger partial charge is 0.311 e. The number of aliphatic hydroxyl groups is 1. The van der Waals surface area contributed by atoms with Gasteiger partial charge in [-0.1, -0.05) is 29.8 Å². The van der Waals surface area contributed by atoms with Gasteiger partial charge < -0.3 is 19.6 Å². The molecule has 3 fully saturated rings. The summed E-state index contributed by atoms with van der Waals surface area (Å²) in [5.74, 6) is -2.27. The summed E-state index contributed by atoms with van der Waals surface area (Å²) in [4.78, 5) is 44.7. The number of likely N-dealkylation sites (tertiary alicyclic amines) is 1. The molecule has 2 bridgehead atoms. The fourth-order valence-electron chi connectivity index (χ4n) is 6.33. The minimum absolute atomic E-state index is 0.208. The van der Waals surface area contributed by atoms with E-state index in [0.717, 1.165) is 5.56 Å². The van der Waals surface area contributed by atoms with E-state index in [0.29, 0.717) is 23.6 Å². The maximum Gasteiger partial charge on any atom is 0.311 e. The number of amides is 2. The predicted octanol–water partition coefficient (Wildman–Crippen LogP) is 3.59.